The number of anilines is 1. The van der Waals surface area contributed by atoms with E-state index in [4.69, 9.17) is 33.0 Å². The molecule has 0 spiro atoms. The van der Waals surface area contributed by atoms with Crippen molar-refractivity contribution in [2.45, 2.75) is 31.3 Å². The van der Waals surface area contributed by atoms with E-state index in [2.05, 4.69) is 16.8 Å². The first-order valence-electron chi connectivity index (χ1n) is 11.8. The SMILES string of the molecule is CC(C)(C)OC(=O)CN(c1ccc2c(ccn2-c2cc(C#CCO)ccn2)c1)S(=O)(=O)c1cc(Cl)cc(Cl)c1. The zero-order valence-electron chi connectivity index (χ0n) is 21.4. The fourth-order valence-corrected chi connectivity index (χ4v) is 5.99. The molecule has 0 saturated heterocycles. The van der Waals surface area contributed by atoms with Crippen molar-refractivity contribution in [3.63, 3.8) is 0 Å². The average molecular weight is 586 g/mol. The molecule has 4 aromatic rings. The molecule has 8 nitrogen and oxygen atoms in total. The lowest BCUT2D eigenvalue weighted by Gasteiger charge is -2.26. The largest absolute Gasteiger partial charge is 0.459 e. The average Bonchev–Trinajstić information content (AvgIpc) is 3.28. The number of nitrogens with zero attached hydrogens (tertiary/aromatic N) is 3. The summed E-state index contributed by atoms with van der Waals surface area (Å²) in [5.41, 5.74) is 0.870. The minimum absolute atomic E-state index is 0.143. The third-order valence-electron chi connectivity index (χ3n) is 5.38. The molecule has 0 bridgehead atoms. The van der Waals surface area contributed by atoms with E-state index in [9.17, 15) is 13.2 Å². The normalized spacial score (nSPS) is 11.6. The van der Waals surface area contributed by atoms with Gasteiger partial charge in [0.2, 0.25) is 0 Å². The van der Waals surface area contributed by atoms with Crippen LogP contribution < -0.4 is 4.31 Å². The number of sulfonamides is 1. The standard InChI is InChI=1S/C28H25Cl2N3O5S/c1-28(2,3)38-27(35)18-33(39(36,37)24-16-21(29)15-22(30)17-24)23-6-7-25-20(14-23)9-11-32(25)26-13-19(5-4-12-34)8-10-31-26/h6-11,13-17,34H,12,18H2,1-3H3. The molecule has 0 atom stereocenters. The summed E-state index contributed by atoms with van der Waals surface area (Å²) in [4.78, 5) is 17.0. The molecular formula is C28H25Cl2N3O5S. The Morgan fingerprint density at radius 3 is 2.46 bits per heavy atom. The van der Waals surface area contributed by atoms with Gasteiger partial charge in [-0.05, 0) is 75.4 Å². The van der Waals surface area contributed by atoms with Gasteiger partial charge < -0.3 is 14.4 Å². The van der Waals surface area contributed by atoms with Crippen LogP contribution >= 0.6 is 23.2 Å². The number of aliphatic hydroxyl groups is 1. The molecule has 4 rings (SSSR count). The second-order valence-corrected chi connectivity index (χ2v) is 12.2. The summed E-state index contributed by atoms with van der Waals surface area (Å²) >= 11 is 12.2. The molecule has 1 N–H and O–H groups in total. The molecule has 0 aliphatic carbocycles. The van der Waals surface area contributed by atoms with E-state index < -0.39 is 28.1 Å². The molecule has 0 fully saturated rings. The summed E-state index contributed by atoms with van der Waals surface area (Å²) in [6.45, 7) is 4.29. The van der Waals surface area contributed by atoms with E-state index in [1.54, 1.807) is 69.6 Å². The predicted octanol–water partition coefficient (Wildman–Crippen LogP) is 5.21. The van der Waals surface area contributed by atoms with Crippen molar-refractivity contribution in [1.29, 1.82) is 0 Å². The minimum atomic E-state index is -4.27. The summed E-state index contributed by atoms with van der Waals surface area (Å²) < 4.78 is 35.8. The molecule has 11 heteroatoms. The molecule has 0 radical (unpaired) electrons. The Balaban J connectivity index is 1.79. The van der Waals surface area contributed by atoms with Gasteiger partial charge in [0.05, 0.1) is 16.1 Å². The molecule has 0 aliphatic heterocycles. The highest BCUT2D eigenvalue weighted by Crippen LogP contribution is 2.31. The number of carbonyl (C=O) groups is 1. The quantitative estimate of drug-likeness (QED) is 0.246. The summed E-state index contributed by atoms with van der Waals surface area (Å²) in [7, 11) is -4.27. The first kappa shape index (κ1) is 28.5. The first-order valence-corrected chi connectivity index (χ1v) is 13.9. The van der Waals surface area contributed by atoms with Crippen LogP contribution in [0.1, 0.15) is 26.3 Å². The van der Waals surface area contributed by atoms with Gasteiger partial charge in [0.25, 0.3) is 10.0 Å². The van der Waals surface area contributed by atoms with Crippen LogP contribution in [0.4, 0.5) is 5.69 Å². The van der Waals surface area contributed by atoms with Gasteiger partial charge >= 0.3 is 5.97 Å². The van der Waals surface area contributed by atoms with E-state index in [0.29, 0.717) is 16.8 Å². The molecular weight excluding hydrogens is 561 g/mol. The van der Waals surface area contributed by atoms with Crippen LogP contribution in [0, 0.1) is 11.8 Å². The zero-order chi connectivity index (χ0) is 28.4. The van der Waals surface area contributed by atoms with Crippen molar-refractivity contribution in [3.8, 4) is 17.7 Å². The van der Waals surface area contributed by atoms with Gasteiger partial charge in [0.15, 0.2) is 0 Å². The lowest BCUT2D eigenvalue weighted by atomic mass is 10.2. The molecule has 202 valence electrons. The van der Waals surface area contributed by atoms with Gasteiger partial charge in [-0.2, -0.15) is 0 Å². The fraction of sp³-hybridized carbons (Fsp3) is 0.214. The van der Waals surface area contributed by atoms with Gasteiger partial charge in [-0.1, -0.05) is 35.0 Å². The van der Waals surface area contributed by atoms with Crippen LogP contribution in [0.15, 0.2) is 71.9 Å². The molecule has 0 amide bonds. The third-order valence-corrected chi connectivity index (χ3v) is 7.57. The Hall–Kier alpha value is -3.55. The second-order valence-electron chi connectivity index (χ2n) is 9.49. The highest BCUT2D eigenvalue weighted by molar-refractivity contribution is 7.92. The first-order chi connectivity index (χ1) is 18.4. The molecule has 0 unspecified atom stereocenters. The van der Waals surface area contributed by atoms with E-state index in [1.165, 1.54) is 18.2 Å². The smallest absolute Gasteiger partial charge is 0.327 e. The minimum Gasteiger partial charge on any atom is -0.459 e. The molecule has 39 heavy (non-hydrogen) atoms. The van der Waals surface area contributed by atoms with E-state index >= 15 is 0 Å². The Bertz CT molecular complexity index is 1700. The molecule has 0 saturated carbocycles. The number of hydrogen-bond donors (Lipinski definition) is 1. The van der Waals surface area contributed by atoms with Crippen molar-refractivity contribution >= 4 is 55.8 Å². The van der Waals surface area contributed by atoms with Crippen LogP contribution in [0.2, 0.25) is 10.0 Å². The fourth-order valence-electron chi connectivity index (χ4n) is 3.87. The van der Waals surface area contributed by atoms with Gasteiger partial charge in [-0.15, -0.1) is 0 Å². The number of aromatic nitrogens is 2. The predicted molar refractivity (Wildman–Crippen MR) is 152 cm³/mol. The summed E-state index contributed by atoms with van der Waals surface area (Å²) in [6, 6.07) is 14.3. The third kappa shape index (κ3) is 6.72. The van der Waals surface area contributed by atoms with Gasteiger partial charge in [0.1, 0.15) is 24.6 Å². The highest BCUT2D eigenvalue weighted by Gasteiger charge is 2.30. The second kappa shape index (κ2) is 11.3. The van der Waals surface area contributed by atoms with Crippen molar-refractivity contribution in [1.82, 2.24) is 9.55 Å². The number of aliphatic hydroxyl groups excluding tert-OH is 1. The number of esters is 1. The van der Waals surface area contributed by atoms with Crippen LogP contribution in [-0.2, 0) is 19.6 Å². The van der Waals surface area contributed by atoms with Crippen LogP contribution in [0.3, 0.4) is 0 Å². The van der Waals surface area contributed by atoms with Crippen molar-refractivity contribution in [2.75, 3.05) is 17.5 Å². The van der Waals surface area contributed by atoms with Gasteiger partial charge in [0, 0.05) is 33.4 Å². The number of rotatable bonds is 6. The lowest BCUT2D eigenvalue weighted by molar-refractivity contribution is -0.152. The molecule has 2 heterocycles. The molecule has 2 aromatic heterocycles. The van der Waals surface area contributed by atoms with Gasteiger partial charge in [-0.25, -0.2) is 13.4 Å². The van der Waals surface area contributed by atoms with E-state index in [1.807, 2.05) is 4.57 Å². The number of hydrogen-bond acceptors (Lipinski definition) is 6. The Morgan fingerprint density at radius 1 is 1.08 bits per heavy atom. The monoisotopic (exact) mass is 585 g/mol. The molecule has 2 aromatic carbocycles. The van der Waals surface area contributed by atoms with Crippen LogP contribution in [-0.4, -0.2) is 47.8 Å². The summed E-state index contributed by atoms with van der Waals surface area (Å²) in [6.07, 6.45) is 3.41. The summed E-state index contributed by atoms with van der Waals surface area (Å²) in [5, 5.41) is 9.97. The zero-order valence-corrected chi connectivity index (χ0v) is 23.7. The lowest BCUT2D eigenvalue weighted by Crippen LogP contribution is -2.39. The number of fused-ring (bicyclic) bond motifs is 1. The Morgan fingerprint density at radius 2 is 1.79 bits per heavy atom. The van der Waals surface area contributed by atoms with Crippen molar-refractivity contribution in [3.05, 3.63) is 82.6 Å². The maximum Gasteiger partial charge on any atom is 0.327 e. The number of benzene rings is 2. The van der Waals surface area contributed by atoms with Crippen LogP contribution in [0.25, 0.3) is 16.7 Å². The Kier molecular flexibility index (Phi) is 8.23. The maximum absolute atomic E-state index is 13.8. The van der Waals surface area contributed by atoms with Gasteiger partial charge in [-0.3, -0.25) is 9.10 Å². The van der Waals surface area contributed by atoms with E-state index in [-0.39, 0.29) is 27.2 Å². The highest BCUT2D eigenvalue weighted by atomic mass is 35.5. The van der Waals surface area contributed by atoms with Crippen molar-refractivity contribution < 1.29 is 23.1 Å². The number of halogens is 2. The Labute approximate surface area is 236 Å². The molecule has 0 aliphatic rings. The van der Waals surface area contributed by atoms with E-state index in [0.717, 1.165) is 9.82 Å². The number of ether oxygens (including phenoxy) is 1. The van der Waals surface area contributed by atoms with Crippen molar-refractivity contribution in [2.24, 2.45) is 0 Å². The summed E-state index contributed by atoms with van der Waals surface area (Å²) in [5.74, 6) is 5.34. The number of pyridine rings is 1. The number of carbonyl (C=O) groups excluding carboxylic acids is 1. The maximum atomic E-state index is 13.8. The topological polar surface area (TPSA) is 102 Å². The van der Waals surface area contributed by atoms with Crippen LogP contribution in [0.5, 0.6) is 0 Å².